The van der Waals surface area contributed by atoms with Crippen LogP contribution in [0.4, 0.5) is 0 Å². The molecule has 0 saturated carbocycles. The highest BCUT2D eigenvalue weighted by Crippen LogP contribution is 2.35. The number of carbonyl (C=O) groups is 1. The van der Waals surface area contributed by atoms with Gasteiger partial charge >= 0.3 is 0 Å². The van der Waals surface area contributed by atoms with E-state index in [1.165, 1.54) is 22.9 Å². The zero-order valence-electron chi connectivity index (χ0n) is 19.2. The Morgan fingerprint density at radius 3 is 2.69 bits per heavy atom. The van der Waals surface area contributed by atoms with Gasteiger partial charge in [-0.25, -0.2) is 10.4 Å². The molecule has 0 spiro atoms. The fraction of sp³-hybridized carbons (Fsp3) is 0.231. The Morgan fingerprint density at radius 2 is 1.91 bits per heavy atom. The highest BCUT2D eigenvalue weighted by Gasteiger charge is 2.23. The minimum absolute atomic E-state index is 0.0574. The Morgan fingerprint density at radius 1 is 1.17 bits per heavy atom. The second kappa shape index (κ2) is 10.1. The number of nitrogens with zero attached hydrogens (tertiary/aromatic N) is 3. The number of phenols is 1. The highest BCUT2D eigenvalue weighted by atomic mass is 32.2. The lowest BCUT2D eigenvalue weighted by atomic mass is 9.97. The fourth-order valence-corrected chi connectivity index (χ4v) is 6.21. The predicted octanol–water partition coefficient (Wildman–Crippen LogP) is 4.58. The van der Waals surface area contributed by atoms with E-state index in [2.05, 4.69) is 10.5 Å². The van der Waals surface area contributed by atoms with Crippen LogP contribution in [0.2, 0.25) is 0 Å². The van der Waals surface area contributed by atoms with Crippen molar-refractivity contribution in [1.82, 2.24) is 15.0 Å². The van der Waals surface area contributed by atoms with Crippen LogP contribution < -0.4 is 11.0 Å². The van der Waals surface area contributed by atoms with Gasteiger partial charge < -0.3 is 5.11 Å². The van der Waals surface area contributed by atoms with E-state index in [1.807, 2.05) is 31.2 Å². The number of phenolic OH excluding ortho intramolecular Hbond substituents is 1. The molecule has 2 N–H and O–H groups in total. The Kier molecular flexibility index (Phi) is 6.70. The zero-order chi connectivity index (χ0) is 24.4. The number of amides is 1. The van der Waals surface area contributed by atoms with E-state index in [1.54, 1.807) is 40.2 Å². The molecule has 0 bridgehead atoms. The molecule has 1 aliphatic carbocycles. The van der Waals surface area contributed by atoms with Crippen molar-refractivity contribution in [2.75, 3.05) is 5.75 Å². The van der Waals surface area contributed by atoms with Crippen LogP contribution in [0.15, 0.2) is 63.6 Å². The number of rotatable bonds is 6. The predicted molar refractivity (Wildman–Crippen MR) is 141 cm³/mol. The number of aromatic hydroxyl groups is 1. The molecule has 1 amide bonds. The molecule has 0 atom stereocenters. The number of carbonyl (C=O) groups excluding carboxylic acids is 1. The van der Waals surface area contributed by atoms with E-state index in [9.17, 15) is 14.7 Å². The van der Waals surface area contributed by atoms with Crippen LogP contribution in [0.25, 0.3) is 15.9 Å². The van der Waals surface area contributed by atoms with Crippen molar-refractivity contribution in [3.05, 3.63) is 80.5 Å². The first-order valence-electron chi connectivity index (χ1n) is 11.4. The Balaban J connectivity index is 1.42. The molecule has 0 unspecified atom stereocenters. The molecular formula is C26H24N4O3S2. The number of hydrogen-bond donors (Lipinski definition) is 2. The van der Waals surface area contributed by atoms with Crippen LogP contribution in [0.3, 0.4) is 0 Å². The van der Waals surface area contributed by atoms with E-state index >= 15 is 0 Å². The minimum atomic E-state index is -0.305. The maximum Gasteiger partial charge on any atom is 0.267 e. The van der Waals surface area contributed by atoms with Crippen molar-refractivity contribution in [3.63, 3.8) is 0 Å². The summed E-state index contributed by atoms with van der Waals surface area (Å²) in [5, 5.41) is 14.5. The number of hydrazone groups is 1. The summed E-state index contributed by atoms with van der Waals surface area (Å²) in [6.07, 6.45) is 5.63. The summed E-state index contributed by atoms with van der Waals surface area (Å²) in [5.74, 6) is -0.0829. The first-order valence-corrected chi connectivity index (χ1v) is 13.2. The Bertz CT molecular complexity index is 1470. The number of aryl methyl sites for hydroxylation is 3. The number of fused-ring (bicyclic) bond motifs is 3. The van der Waals surface area contributed by atoms with Crippen LogP contribution >= 0.6 is 23.1 Å². The molecule has 4 aromatic rings. The lowest BCUT2D eigenvalue weighted by molar-refractivity contribution is -0.118. The molecule has 0 saturated heterocycles. The zero-order valence-corrected chi connectivity index (χ0v) is 20.8. The average molecular weight is 505 g/mol. The Hall–Kier alpha value is -3.43. The molecule has 178 valence electrons. The molecule has 1 aliphatic rings. The average Bonchev–Trinajstić information content (AvgIpc) is 3.23. The van der Waals surface area contributed by atoms with E-state index in [0.29, 0.717) is 5.16 Å². The van der Waals surface area contributed by atoms with E-state index in [4.69, 9.17) is 4.98 Å². The summed E-state index contributed by atoms with van der Waals surface area (Å²) in [5.41, 5.74) is 6.16. The fourth-order valence-electron chi connectivity index (χ4n) is 4.11. The third-order valence-electron chi connectivity index (χ3n) is 5.88. The summed E-state index contributed by atoms with van der Waals surface area (Å²) >= 11 is 2.82. The molecule has 7 nitrogen and oxygen atoms in total. The summed E-state index contributed by atoms with van der Waals surface area (Å²) in [4.78, 5) is 33.1. The van der Waals surface area contributed by atoms with Gasteiger partial charge in [-0.3, -0.25) is 14.2 Å². The number of nitrogens with one attached hydrogen (secondary N) is 1. The lowest BCUT2D eigenvalue weighted by Crippen LogP contribution is -2.24. The van der Waals surface area contributed by atoms with Crippen LogP contribution in [0.5, 0.6) is 5.75 Å². The number of aromatic nitrogens is 2. The van der Waals surface area contributed by atoms with Crippen LogP contribution in [-0.2, 0) is 17.6 Å². The van der Waals surface area contributed by atoms with Crippen molar-refractivity contribution in [2.45, 2.75) is 37.8 Å². The van der Waals surface area contributed by atoms with Crippen molar-refractivity contribution in [2.24, 2.45) is 5.10 Å². The maximum absolute atomic E-state index is 13.7. The van der Waals surface area contributed by atoms with Crippen molar-refractivity contribution in [3.8, 4) is 11.4 Å². The number of thioether (sulfide) groups is 1. The first-order chi connectivity index (χ1) is 17.0. The molecule has 0 aliphatic heterocycles. The van der Waals surface area contributed by atoms with Crippen LogP contribution in [-0.4, -0.2) is 32.5 Å². The van der Waals surface area contributed by atoms with Crippen molar-refractivity contribution < 1.29 is 9.90 Å². The molecule has 5 rings (SSSR count). The topological polar surface area (TPSA) is 96.6 Å². The standard InChI is InChI=1S/C26H24N4O3S2/c1-16-6-10-18(11-7-16)30-25(33)23-20-4-2-3-5-21(20)35-24(23)28-26(30)34-15-22(32)29-27-14-17-8-12-19(31)13-9-17/h6-14,31H,2-5,15H2,1H3,(H,29,32)/b27-14-. The number of hydrogen-bond acceptors (Lipinski definition) is 7. The lowest BCUT2D eigenvalue weighted by Gasteiger charge is -2.13. The molecule has 2 aromatic carbocycles. The minimum Gasteiger partial charge on any atom is -0.508 e. The summed E-state index contributed by atoms with van der Waals surface area (Å²) in [6, 6.07) is 14.2. The van der Waals surface area contributed by atoms with Gasteiger partial charge in [-0.05, 0) is 80.1 Å². The molecule has 0 radical (unpaired) electrons. The quantitative estimate of drug-likeness (QED) is 0.173. The third kappa shape index (κ3) is 5.01. The van der Waals surface area contributed by atoms with Gasteiger partial charge in [-0.2, -0.15) is 5.10 Å². The maximum atomic E-state index is 13.7. The smallest absolute Gasteiger partial charge is 0.267 e. The first kappa shape index (κ1) is 23.3. The SMILES string of the molecule is Cc1ccc(-n2c(SCC(=O)N/N=C\c3ccc(O)cc3)nc3sc4c(c3c2=O)CCCC4)cc1. The van der Waals surface area contributed by atoms with Crippen LogP contribution in [0.1, 0.15) is 34.4 Å². The highest BCUT2D eigenvalue weighted by molar-refractivity contribution is 7.99. The second-order valence-corrected chi connectivity index (χ2v) is 10.5. The molecule has 2 aromatic heterocycles. The van der Waals surface area contributed by atoms with Gasteiger partial charge in [-0.1, -0.05) is 29.5 Å². The molecule has 0 fully saturated rings. The molecule has 9 heteroatoms. The monoisotopic (exact) mass is 504 g/mol. The number of thiophene rings is 1. The molecule has 35 heavy (non-hydrogen) atoms. The van der Waals surface area contributed by atoms with Gasteiger partial charge in [-0.15, -0.1) is 11.3 Å². The van der Waals surface area contributed by atoms with Gasteiger partial charge in [0.15, 0.2) is 5.16 Å². The van der Waals surface area contributed by atoms with E-state index < -0.39 is 0 Å². The molecular weight excluding hydrogens is 480 g/mol. The van der Waals surface area contributed by atoms with Gasteiger partial charge in [0.2, 0.25) is 0 Å². The number of benzene rings is 2. The summed E-state index contributed by atoms with van der Waals surface area (Å²) in [6.45, 7) is 2.00. The Labute approximate surface area is 210 Å². The van der Waals surface area contributed by atoms with E-state index in [-0.39, 0.29) is 23.0 Å². The normalized spacial score (nSPS) is 13.3. The van der Waals surface area contributed by atoms with Crippen molar-refractivity contribution in [1.29, 1.82) is 0 Å². The second-order valence-electron chi connectivity index (χ2n) is 8.43. The third-order valence-corrected chi connectivity index (χ3v) is 8.00. The largest absolute Gasteiger partial charge is 0.508 e. The van der Waals surface area contributed by atoms with Crippen LogP contribution in [0, 0.1) is 6.92 Å². The molecule has 2 heterocycles. The summed E-state index contributed by atoms with van der Waals surface area (Å²) in [7, 11) is 0. The van der Waals surface area contributed by atoms with Gasteiger partial charge in [0.1, 0.15) is 10.6 Å². The summed E-state index contributed by atoms with van der Waals surface area (Å²) < 4.78 is 1.63. The van der Waals surface area contributed by atoms with Gasteiger partial charge in [0.05, 0.1) is 23.0 Å². The van der Waals surface area contributed by atoms with Gasteiger partial charge in [0.25, 0.3) is 11.5 Å². The van der Waals surface area contributed by atoms with Gasteiger partial charge in [0, 0.05) is 4.88 Å². The van der Waals surface area contributed by atoms with Crippen molar-refractivity contribution >= 4 is 45.4 Å². The van der Waals surface area contributed by atoms with E-state index in [0.717, 1.165) is 58.3 Å².